The Kier molecular flexibility index (Phi) is 5.38. The molecule has 0 saturated heterocycles. The van der Waals surface area contributed by atoms with Gasteiger partial charge < -0.3 is 16.4 Å². The van der Waals surface area contributed by atoms with Crippen molar-refractivity contribution in [1.29, 1.82) is 0 Å². The van der Waals surface area contributed by atoms with Crippen LogP contribution in [-0.4, -0.2) is 18.6 Å². The smallest absolute Gasteiger partial charge is 0.334 e. The van der Waals surface area contributed by atoms with E-state index in [1.807, 2.05) is 13.8 Å². The topological polar surface area (TPSA) is 67.1 Å². The lowest BCUT2D eigenvalue weighted by Crippen LogP contribution is -2.45. The fourth-order valence-corrected chi connectivity index (χ4v) is 1.66. The van der Waals surface area contributed by atoms with Gasteiger partial charge in [-0.15, -0.1) is 0 Å². The summed E-state index contributed by atoms with van der Waals surface area (Å²) in [5, 5.41) is 4.76. The first-order chi connectivity index (χ1) is 9.25. The highest BCUT2D eigenvalue weighted by Gasteiger charge is 2.33. The summed E-state index contributed by atoms with van der Waals surface area (Å²) in [5.41, 5.74) is 4.33. The number of rotatable bonds is 4. The van der Waals surface area contributed by atoms with Crippen molar-refractivity contribution >= 4 is 11.7 Å². The number of para-hydroxylation sites is 1. The summed E-state index contributed by atoms with van der Waals surface area (Å²) >= 11 is 0. The molecular weight excluding hydrogens is 271 g/mol. The highest BCUT2D eigenvalue weighted by Crippen LogP contribution is 2.34. The quantitative estimate of drug-likeness (QED) is 0.798. The highest BCUT2D eigenvalue weighted by atomic mass is 19.4. The molecule has 2 amide bonds. The molecule has 1 rings (SSSR count). The fraction of sp³-hybridized carbons (Fsp3) is 0.462. The van der Waals surface area contributed by atoms with E-state index in [9.17, 15) is 18.0 Å². The fourth-order valence-electron chi connectivity index (χ4n) is 1.66. The molecule has 0 spiro atoms. The Morgan fingerprint density at radius 1 is 1.30 bits per heavy atom. The number of carbonyl (C=O) groups is 1. The van der Waals surface area contributed by atoms with Crippen molar-refractivity contribution in [3.63, 3.8) is 0 Å². The molecule has 7 heteroatoms. The van der Waals surface area contributed by atoms with Crippen LogP contribution in [0.1, 0.15) is 19.4 Å². The predicted molar refractivity (Wildman–Crippen MR) is 71.3 cm³/mol. The number of anilines is 1. The molecule has 4 N–H and O–H groups in total. The molecule has 112 valence electrons. The van der Waals surface area contributed by atoms with Gasteiger partial charge in [-0.3, -0.25) is 0 Å². The van der Waals surface area contributed by atoms with Crippen LogP contribution in [0.5, 0.6) is 0 Å². The molecule has 0 aliphatic heterocycles. The van der Waals surface area contributed by atoms with Gasteiger partial charge in [-0.05, 0) is 18.1 Å². The number of alkyl halides is 3. The molecule has 1 unspecified atom stereocenters. The number of urea groups is 1. The first kappa shape index (κ1) is 16.3. The molecule has 0 aromatic heterocycles. The third kappa shape index (κ3) is 4.41. The van der Waals surface area contributed by atoms with Crippen LogP contribution < -0.4 is 16.4 Å². The lowest BCUT2D eigenvalue weighted by atomic mass is 10.1. The molecule has 4 nitrogen and oxygen atoms in total. The van der Waals surface area contributed by atoms with Gasteiger partial charge in [-0.25, -0.2) is 4.79 Å². The van der Waals surface area contributed by atoms with Crippen LogP contribution >= 0.6 is 0 Å². The Morgan fingerprint density at radius 3 is 2.40 bits per heavy atom. The van der Waals surface area contributed by atoms with Gasteiger partial charge in [0.1, 0.15) is 0 Å². The second-order valence-electron chi connectivity index (χ2n) is 4.73. The van der Waals surface area contributed by atoms with Crippen LogP contribution in [0, 0.1) is 5.92 Å². The first-order valence-electron chi connectivity index (χ1n) is 6.19. The molecule has 0 heterocycles. The average Bonchev–Trinajstić information content (AvgIpc) is 2.35. The number of hydrogen-bond donors (Lipinski definition) is 3. The van der Waals surface area contributed by atoms with Crippen molar-refractivity contribution in [3.05, 3.63) is 29.8 Å². The Morgan fingerprint density at radius 2 is 1.90 bits per heavy atom. The molecule has 0 saturated carbocycles. The van der Waals surface area contributed by atoms with Crippen molar-refractivity contribution in [2.45, 2.75) is 26.1 Å². The van der Waals surface area contributed by atoms with Crippen molar-refractivity contribution in [2.24, 2.45) is 11.7 Å². The lowest BCUT2D eigenvalue weighted by molar-refractivity contribution is -0.136. The molecular formula is C13H18F3N3O. The summed E-state index contributed by atoms with van der Waals surface area (Å²) < 4.78 is 38.3. The molecule has 0 aliphatic rings. The number of nitrogens with two attached hydrogens (primary N) is 1. The van der Waals surface area contributed by atoms with Crippen LogP contribution in [0.25, 0.3) is 0 Å². The van der Waals surface area contributed by atoms with E-state index in [2.05, 4.69) is 10.6 Å². The van der Waals surface area contributed by atoms with E-state index in [-0.39, 0.29) is 24.2 Å². The molecule has 20 heavy (non-hydrogen) atoms. The Bertz CT molecular complexity index is 460. The minimum Gasteiger partial charge on any atom is -0.334 e. The summed E-state index contributed by atoms with van der Waals surface area (Å²) in [7, 11) is 0. The molecule has 1 aromatic rings. The maximum absolute atomic E-state index is 12.8. The zero-order chi connectivity index (χ0) is 15.3. The number of hydrogen-bond acceptors (Lipinski definition) is 2. The van der Waals surface area contributed by atoms with Crippen LogP contribution in [0.4, 0.5) is 23.7 Å². The number of amides is 2. The van der Waals surface area contributed by atoms with Crippen LogP contribution in [0.15, 0.2) is 24.3 Å². The Balaban J connectivity index is 2.81. The van der Waals surface area contributed by atoms with Gasteiger partial charge >= 0.3 is 12.2 Å². The van der Waals surface area contributed by atoms with Gasteiger partial charge in [0.2, 0.25) is 0 Å². The van der Waals surface area contributed by atoms with Crippen molar-refractivity contribution < 1.29 is 18.0 Å². The lowest BCUT2D eigenvalue weighted by Gasteiger charge is -2.21. The van der Waals surface area contributed by atoms with Crippen molar-refractivity contribution in [3.8, 4) is 0 Å². The van der Waals surface area contributed by atoms with Gasteiger partial charge in [0, 0.05) is 12.6 Å². The van der Waals surface area contributed by atoms with Crippen LogP contribution in [-0.2, 0) is 6.18 Å². The van der Waals surface area contributed by atoms with E-state index < -0.39 is 17.8 Å². The maximum atomic E-state index is 12.8. The normalized spacial score (nSPS) is 13.2. The Labute approximate surface area is 115 Å². The standard InChI is InChI=1S/C13H18F3N3O/c1-8(2)11(7-17)19-12(20)18-10-6-4-3-5-9(10)13(14,15)16/h3-6,8,11H,7,17H2,1-2H3,(H2,18,19,20). The summed E-state index contributed by atoms with van der Waals surface area (Å²) in [6.07, 6.45) is -4.52. The zero-order valence-corrected chi connectivity index (χ0v) is 11.3. The number of halogens is 3. The van der Waals surface area contributed by atoms with Gasteiger partial charge in [0.25, 0.3) is 0 Å². The van der Waals surface area contributed by atoms with Crippen LogP contribution in [0.2, 0.25) is 0 Å². The molecule has 0 radical (unpaired) electrons. The van der Waals surface area contributed by atoms with E-state index in [4.69, 9.17) is 5.73 Å². The minimum absolute atomic E-state index is 0.0867. The van der Waals surface area contributed by atoms with E-state index in [1.54, 1.807) is 0 Å². The van der Waals surface area contributed by atoms with Gasteiger partial charge in [-0.1, -0.05) is 26.0 Å². The van der Waals surface area contributed by atoms with Gasteiger partial charge in [0.05, 0.1) is 11.3 Å². The SMILES string of the molecule is CC(C)C(CN)NC(=O)Nc1ccccc1C(F)(F)F. The van der Waals surface area contributed by atoms with E-state index in [0.29, 0.717) is 0 Å². The second-order valence-corrected chi connectivity index (χ2v) is 4.73. The second kappa shape index (κ2) is 6.60. The summed E-state index contributed by atoms with van der Waals surface area (Å²) in [6, 6.07) is 3.81. The molecule has 1 aromatic carbocycles. The Hall–Kier alpha value is -1.76. The van der Waals surface area contributed by atoms with E-state index >= 15 is 0 Å². The average molecular weight is 289 g/mol. The molecule has 1 atom stereocenters. The molecule has 0 fully saturated rings. The molecule has 0 aliphatic carbocycles. The van der Waals surface area contributed by atoms with Gasteiger partial charge in [0.15, 0.2) is 0 Å². The maximum Gasteiger partial charge on any atom is 0.418 e. The third-order valence-corrected chi connectivity index (χ3v) is 2.86. The monoisotopic (exact) mass is 289 g/mol. The predicted octanol–water partition coefficient (Wildman–Crippen LogP) is 2.81. The van der Waals surface area contributed by atoms with Crippen molar-refractivity contribution in [1.82, 2.24) is 5.32 Å². The molecule has 0 bridgehead atoms. The third-order valence-electron chi connectivity index (χ3n) is 2.86. The number of carbonyl (C=O) groups excluding carboxylic acids is 1. The number of benzene rings is 1. The minimum atomic E-state index is -4.52. The van der Waals surface area contributed by atoms with Crippen LogP contribution in [0.3, 0.4) is 0 Å². The largest absolute Gasteiger partial charge is 0.418 e. The summed E-state index contributed by atoms with van der Waals surface area (Å²) in [4.78, 5) is 11.7. The van der Waals surface area contributed by atoms with E-state index in [0.717, 1.165) is 6.07 Å². The van der Waals surface area contributed by atoms with Gasteiger partial charge in [-0.2, -0.15) is 13.2 Å². The highest BCUT2D eigenvalue weighted by molar-refractivity contribution is 5.90. The summed E-state index contributed by atoms with van der Waals surface area (Å²) in [6.45, 7) is 3.94. The zero-order valence-electron chi connectivity index (χ0n) is 11.3. The summed E-state index contributed by atoms with van der Waals surface area (Å²) in [5.74, 6) is 0.0867. The number of nitrogens with one attached hydrogen (secondary N) is 2. The van der Waals surface area contributed by atoms with E-state index in [1.165, 1.54) is 18.2 Å². The van der Waals surface area contributed by atoms with Crippen molar-refractivity contribution in [2.75, 3.05) is 11.9 Å². The first-order valence-corrected chi connectivity index (χ1v) is 6.19.